The minimum Gasteiger partial charge on any atom is -0.457 e. The molecule has 1 fully saturated rings. The maximum atomic E-state index is 13.0. The van der Waals surface area contributed by atoms with Crippen LogP contribution in [0.25, 0.3) is 11.1 Å². The van der Waals surface area contributed by atoms with Crippen LogP contribution >= 0.6 is 0 Å². The molecule has 7 nitrogen and oxygen atoms in total. The van der Waals surface area contributed by atoms with Crippen LogP contribution in [0, 0.1) is 0 Å². The highest BCUT2D eigenvalue weighted by Crippen LogP contribution is 2.38. The van der Waals surface area contributed by atoms with Crippen LogP contribution in [-0.4, -0.2) is 34.0 Å². The van der Waals surface area contributed by atoms with Crippen molar-refractivity contribution in [2.24, 2.45) is 0 Å². The summed E-state index contributed by atoms with van der Waals surface area (Å²) in [7, 11) is 0. The Balaban J connectivity index is 1.66. The van der Waals surface area contributed by atoms with Crippen molar-refractivity contribution in [1.82, 2.24) is 15.2 Å². The fraction of sp³-hybridized carbons (Fsp3) is 0.345. The number of nitrogens with zero attached hydrogens (tertiary/aromatic N) is 2. The van der Waals surface area contributed by atoms with Crippen molar-refractivity contribution in [3.63, 3.8) is 0 Å². The average molecular weight is 488 g/mol. The molecule has 1 aliphatic rings. The van der Waals surface area contributed by atoms with Crippen LogP contribution in [0.2, 0.25) is 0 Å². The summed E-state index contributed by atoms with van der Waals surface area (Å²) in [5, 5.41) is 2.84. The van der Waals surface area contributed by atoms with Gasteiger partial charge in [0.05, 0.1) is 11.7 Å². The van der Waals surface area contributed by atoms with Gasteiger partial charge in [-0.15, -0.1) is 0 Å². The van der Waals surface area contributed by atoms with E-state index in [9.17, 15) is 9.59 Å². The van der Waals surface area contributed by atoms with Crippen molar-refractivity contribution in [1.29, 1.82) is 0 Å². The van der Waals surface area contributed by atoms with E-state index in [0.717, 1.165) is 46.7 Å². The summed E-state index contributed by atoms with van der Waals surface area (Å²) >= 11 is 0. The number of ether oxygens (including phenoxy) is 2. The highest BCUT2D eigenvalue weighted by Gasteiger charge is 2.35. The topological polar surface area (TPSA) is 80.8 Å². The highest BCUT2D eigenvalue weighted by molar-refractivity contribution is 5.74. The van der Waals surface area contributed by atoms with Crippen LogP contribution in [0.1, 0.15) is 57.8 Å². The van der Waals surface area contributed by atoms with E-state index in [1.54, 1.807) is 11.1 Å². The van der Waals surface area contributed by atoms with E-state index in [-0.39, 0.29) is 18.0 Å². The number of carbonyl (C=O) groups is 2. The Morgan fingerprint density at radius 2 is 1.75 bits per heavy atom. The van der Waals surface area contributed by atoms with E-state index in [0.29, 0.717) is 13.1 Å². The Hall–Kier alpha value is -3.87. The number of para-hydroxylation sites is 1. The van der Waals surface area contributed by atoms with Gasteiger partial charge < -0.3 is 14.8 Å². The molecule has 36 heavy (non-hydrogen) atoms. The second kappa shape index (κ2) is 10.8. The van der Waals surface area contributed by atoms with Crippen LogP contribution in [0.15, 0.2) is 66.9 Å². The number of carbonyl (C=O) groups excluding carboxylic acids is 2. The average Bonchev–Trinajstić information content (AvgIpc) is 3.33. The molecule has 1 N–H and O–H groups in total. The summed E-state index contributed by atoms with van der Waals surface area (Å²) in [5.74, 6) is 1.39. The van der Waals surface area contributed by atoms with E-state index in [2.05, 4.69) is 5.32 Å². The van der Waals surface area contributed by atoms with Gasteiger partial charge in [-0.1, -0.05) is 30.3 Å². The van der Waals surface area contributed by atoms with Gasteiger partial charge >= 0.3 is 6.09 Å². The first-order chi connectivity index (χ1) is 17.2. The molecule has 0 bridgehead atoms. The predicted octanol–water partition coefficient (Wildman–Crippen LogP) is 6.25. The summed E-state index contributed by atoms with van der Waals surface area (Å²) in [6.07, 6.45) is 3.13. The summed E-state index contributed by atoms with van der Waals surface area (Å²) in [4.78, 5) is 31.0. The number of aromatic nitrogens is 1. The first kappa shape index (κ1) is 25.2. The zero-order valence-corrected chi connectivity index (χ0v) is 21.3. The van der Waals surface area contributed by atoms with Crippen LogP contribution in [0.5, 0.6) is 11.5 Å². The van der Waals surface area contributed by atoms with Crippen LogP contribution < -0.4 is 10.1 Å². The lowest BCUT2D eigenvalue weighted by Crippen LogP contribution is -2.36. The molecule has 2 amide bonds. The third kappa shape index (κ3) is 6.42. The van der Waals surface area contributed by atoms with Gasteiger partial charge in [0, 0.05) is 31.8 Å². The second-order valence-corrected chi connectivity index (χ2v) is 9.96. The third-order valence-electron chi connectivity index (χ3n) is 5.86. The van der Waals surface area contributed by atoms with Gasteiger partial charge in [0.15, 0.2) is 0 Å². The largest absolute Gasteiger partial charge is 0.457 e. The van der Waals surface area contributed by atoms with Crippen LogP contribution in [0.4, 0.5) is 4.79 Å². The quantitative estimate of drug-likeness (QED) is 0.445. The molecule has 2 aromatic carbocycles. The van der Waals surface area contributed by atoms with Crippen molar-refractivity contribution >= 4 is 12.0 Å². The first-order valence-corrected chi connectivity index (χ1v) is 12.3. The zero-order valence-electron chi connectivity index (χ0n) is 21.3. The molecule has 1 saturated heterocycles. The number of amides is 2. The Morgan fingerprint density at radius 1 is 1.06 bits per heavy atom. The minimum atomic E-state index is -0.572. The van der Waals surface area contributed by atoms with Crippen LogP contribution in [0.3, 0.4) is 0 Å². The molecular weight excluding hydrogens is 454 g/mol. The van der Waals surface area contributed by atoms with Gasteiger partial charge in [0.2, 0.25) is 5.91 Å². The number of rotatable bonds is 6. The number of benzene rings is 2. The SMILES string of the molecule is CC(=O)NCc1cnc(C2CCCN2C(=O)OC(C)(C)C)c(-c2ccc(Oc3ccccc3)cc2)c1. The standard InChI is InChI=1S/C29H33N3O4/c1-20(33)30-18-21-17-25(22-12-14-24(15-13-22)35-23-9-6-5-7-10-23)27(31-19-21)26-11-8-16-32(26)28(34)36-29(2,3)4/h5-7,9-10,12-15,17,19,26H,8,11,16,18H2,1-4H3,(H,30,33). The van der Waals surface area contributed by atoms with Crippen LogP contribution in [-0.2, 0) is 16.1 Å². The molecule has 7 heteroatoms. The minimum absolute atomic E-state index is 0.102. The molecule has 0 saturated carbocycles. The van der Waals surface area contributed by atoms with E-state index in [1.807, 2.05) is 81.4 Å². The molecule has 0 spiro atoms. The normalized spacial score (nSPS) is 15.4. The van der Waals surface area contributed by atoms with Gasteiger partial charge in [-0.3, -0.25) is 14.7 Å². The Labute approximate surface area is 212 Å². The number of pyridine rings is 1. The lowest BCUT2D eigenvalue weighted by atomic mass is 9.97. The molecule has 0 aliphatic carbocycles. The third-order valence-corrected chi connectivity index (χ3v) is 5.86. The summed E-state index contributed by atoms with van der Waals surface area (Å²) in [6, 6.07) is 19.3. The molecule has 1 atom stereocenters. The lowest BCUT2D eigenvalue weighted by Gasteiger charge is -2.29. The van der Waals surface area contributed by atoms with Gasteiger partial charge in [0.25, 0.3) is 0 Å². The van der Waals surface area contributed by atoms with Crippen molar-refractivity contribution in [2.45, 2.75) is 58.7 Å². The Bertz CT molecular complexity index is 1200. The molecule has 1 aliphatic heterocycles. The van der Waals surface area contributed by atoms with E-state index >= 15 is 0 Å². The smallest absolute Gasteiger partial charge is 0.410 e. The number of nitrogens with one attached hydrogen (secondary N) is 1. The molecule has 0 radical (unpaired) electrons. The molecule has 3 aromatic rings. The van der Waals surface area contributed by atoms with E-state index in [1.165, 1.54) is 6.92 Å². The monoisotopic (exact) mass is 487 g/mol. The van der Waals surface area contributed by atoms with Crippen molar-refractivity contribution in [2.75, 3.05) is 6.54 Å². The fourth-order valence-corrected chi connectivity index (χ4v) is 4.26. The van der Waals surface area contributed by atoms with Gasteiger partial charge in [-0.2, -0.15) is 0 Å². The highest BCUT2D eigenvalue weighted by atomic mass is 16.6. The maximum absolute atomic E-state index is 13.0. The molecule has 2 heterocycles. The maximum Gasteiger partial charge on any atom is 0.410 e. The van der Waals surface area contributed by atoms with E-state index < -0.39 is 5.60 Å². The fourth-order valence-electron chi connectivity index (χ4n) is 4.26. The number of likely N-dealkylation sites (tertiary alicyclic amines) is 1. The molecule has 188 valence electrons. The van der Waals surface area contributed by atoms with Gasteiger partial charge in [0.1, 0.15) is 17.1 Å². The van der Waals surface area contributed by atoms with Gasteiger partial charge in [-0.05, 0) is 75.1 Å². The molecule has 4 rings (SSSR count). The number of hydrogen-bond acceptors (Lipinski definition) is 5. The van der Waals surface area contributed by atoms with Crippen molar-refractivity contribution < 1.29 is 19.1 Å². The lowest BCUT2D eigenvalue weighted by molar-refractivity contribution is -0.119. The summed E-state index contributed by atoms with van der Waals surface area (Å²) in [5.41, 5.74) is 3.01. The van der Waals surface area contributed by atoms with Gasteiger partial charge in [-0.25, -0.2) is 4.79 Å². The summed E-state index contributed by atoms with van der Waals surface area (Å²) < 4.78 is 11.6. The summed E-state index contributed by atoms with van der Waals surface area (Å²) in [6.45, 7) is 8.11. The van der Waals surface area contributed by atoms with Crippen molar-refractivity contribution in [3.05, 3.63) is 78.1 Å². The zero-order chi connectivity index (χ0) is 25.7. The molecule has 1 aromatic heterocycles. The Kier molecular flexibility index (Phi) is 7.58. The Morgan fingerprint density at radius 3 is 2.42 bits per heavy atom. The molecular formula is C29H33N3O4. The second-order valence-electron chi connectivity index (χ2n) is 9.96. The van der Waals surface area contributed by atoms with E-state index in [4.69, 9.17) is 14.5 Å². The number of hydrogen-bond donors (Lipinski definition) is 1. The molecule has 1 unspecified atom stereocenters. The first-order valence-electron chi connectivity index (χ1n) is 12.3. The van der Waals surface area contributed by atoms with Crippen molar-refractivity contribution in [3.8, 4) is 22.6 Å². The predicted molar refractivity (Wildman–Crippen MR) is 139 cm³/mol.